The molecule has 94 valence electrons. The molecule has 0 saturated heterocycles. The van der Waals surface area contributed by atoms with Crippen molar-refractivity contribution in [2.24, 2.45) is 5.73 Å². The zero-order chi connectivity index (χ0) is 13.0. The van der Waals surface area contributed by atoms with E-state index in [1.165, 1.54) is 0 Å². The zero-order valence-corrected chi connectivity index (χ0v) is 11.6. The minimum Gasteiger partial charge on any atom is -0.428 e. The first-order chi connectivity index (χ1) is 6.99. The van der Waals surface area contributed by atoms with E-state index >= 15 is 0 Å². The lowest BCUT2D eigenvalue weighted by molar-refractivity contribution is -0.141. The molecule has 0 aliphatic rings. The Bertz CT molecular complexity index is 265. The van der Waals surface area contributed by atoms with Crippen LogP contribution in [0, 0.1) is 0 Å². The van der Waals surface area contributed by atoms with Gasteiger partial charge in [-0.1, -0.05) is 15.9 Å². The average molecular weight is 296 g/mol. The van der Waals surface area contributed by atoms with Crippen LogP contribution in [0.3, 0.4) is 0 Å². The number of hydrogen-bond acceptors (Lipinski definition) is 5. The number of hydrogen-bond donors (Lipinski definition) is 1. The second-order valence-corrected chi connectivity index (χ2v) is 6.53. The summed E-state index contributed by atoms with van der Waals surface area (Å²) in [5.74, 6) is -0.648. The smallest absolute Gasteiger partial charge is 0.428 e. The van der Waals surface area contributed by atoms with Crippen molar-refractivity contribution in [1.29, 1.82) is 0 Å². The van der Waals surface area contributed by atoms with Crippen LogP contribution in [-0.2, 0) is 14.3 Å². The van der Waals surface area contributed by atoms with E-state index in [1.807, 2.05) is 0 Å². The summed E-state index contributed by atoms with van der Waals surface area (Å²) in [5.41, 5.74) is 4.94. The van der Waals surface area contributed by atoms with Crippen molar-refractivity contribution in [1.82, 2.24) is 0 Å². The Hall–Kier alpha value is -0.620. The molecule has 0 spiro atoms. The van der Waals surface area contributed by atoms with Crippen molar-refractivity contribution in [3.8, 4) is 0 Å². The number of esters is 1. The minimum atomic E-state index is -0.981. The van der Waals surface area contributed by atoms with Crippen molar-refractivity contribution in [3.05, 3.63) is 0 Å². The van der Waals surface area contributed by atoms with Gasteiger partial charge in [0.25, 0.3) is 0 Å². The molecule has 6 heteroatoms. The van der Waals surface area contributed by atoms with Gasteiger partial charge >= 0.3 is 12.1 Å². The molecule has 1 unspecified atom stereocenters. The summed E-state index contributed by atoms with van der Waals surface area (Å²) in [4.78, 5) is 22.3. The van der Waals surface area contributed by atoms with Gasteiger partial charge in [0, 0.05) is 6.42 Å². The average Bonchev–Trinajstić information content (AvgIpc) is 1.95. The van der Waals surface area contributed by atoms with Crippen molar-refractivity contribution >= 4 is 28.1 Å². The van der Waals surface area contributed by atoms with Crippen LogP contribution >= 0.6 is 15.9 Å². The fourth-order valence-corrected chi connectivity index (χ4v) is 0.960. The first-order valence-corrected chi connectivity index (χ1v) is 5.70. The molecule has 0 heterocycles. The van der Waals surface area contributed by atoms with Gasteiger partial charge in [0.1, 0.15) is 5.60 Å². The van der Waals surface area contributed by atoms with Crippen LogP contribution in [0.2, 0.25) is 0 Å². The highest BCUT2D eigenvalue weighted by atomic mass is 79.9. The van der Waals surface area contributed by atoms with Crippen LogP contribution in [-0.4, -0.2) is 22.2 Å². The summed E-state index contributed by atoms with van der Waals surface area (Å²) in [6, 6.07) is 0. The predicted octanol–water partition coefficient (Wildman–Crippen LogP) is 2.31. The highest BCUT2D eigenvalue weighted by molar-refractivity contribution is 9.10. The van der Waals surface area contributed by atoms with Crippen LogP contribution in [0.5, 0.6) is 0 Å². The molecule has 1 atom stereocenters. The van der Waals surface area contributed by atoms with Crippen LogP contribution in [0.15, 0.2) is 0 Å². The molecule has 0 fully saturated rings. The third-order valence-electron chi connectivity index (χ3n) is 1.40. The fourth-order valence-electron chi connectivity index (χ4n) is 0.761. The van der Waals surface area contributed by atoms with Crippen molar-refractivity contribution < 1.29 is 19.1 Å². The summed E-state index contributed by atoms with van der Waals surface area (Å²) < 4.78 is 8.62. The summed E-state index contributed by atoms with van der Waals surface area (Å²) in [6.07, 6.45) is -0.558. The molecule has 0 rings (SSSR count). The Kier molecular flexibility index (Phi) is 5.41. The molecule has 0 aromatic heterocycles. The molecular formula is C10H18BrNO4. The summed E-state index contributed by atoms with van der Waals surface area (Å²) in [5, 5.41) is 0. The number of carbonyl (C=O) groups is 2. The van der Waals surface area contributed by atoms with E-state index in [2.05, 4.69) is 20.7 Å². The van der Waals surface area contributed by atoms with E-state index in [0.29, 0.717) is 6.42 Å². The van der Waals surface area contributed by atoms with Gasteiger partial charge in [-0.25, -0.2) is 4.79 Å². The number of alkyl halides is 1. The van der Waals surface area contributed by atoms with E-state index in [4.69, 9.17) is 10.5 Å². The Morgan fingerprint density at radius 3 is 2.12 bits per heavy atom. The molecule has 0 bridgehead atoms. The number of halogens is 1. The predicted molar refractivity (Wildman–Crippen MR) is 63.1 cm³/mol. The Morgan fingerprint density at radius 2 is 1.75 bits per heavy atom. The molecule has 0 saturated carbocycles. The molecule has 2 N–H and O–H groups in total. The van der Waals surface area contributed by atoms with Crippen LogP contribution in [0.25, 0.3) is 0 Å². The monoisotopic (exact) mass is 295 g/mol. The van der Waals surface area contributed by atoms with Gasteiger partial charge in [-0.2, -0.15) is 0 Å². The van der Waals surface area contributed by atoms with E-state index in [1.54, 1.807) is 27.7 Å². The molecule has 0 aliphatic heterocycles. The normalized spacial score (nSPS) is 15.1. The highest BCUT2D eigenvalue weighted by Gasteiger charge is 2.22. The first kappa shape index (κ1) is 15.4. The Labute approximate surface area is 104 Å². The summed E-state index contributed by atoms with van der Waals surface area (Å²) in [6.45, 7) is 6.78. The third kappa shape index (κ3) is 9.92. The maximum Gasteiger partial charge on any atom is 0.516 e. The van der Waals surface area contributed by atoms with E-state index in [0.717, 1.165) is 0 Å². The molecule has 0 aromatic rings. The van der Waals surface area contributed by atoms with Gasteiger partial charge in [0.15, 0.2) is 0 Å². The molecule has 0 radical (unpaired) electrons. The Balaban J connectivity index is 3.93. The zero-order valence-electron chi connectivity index (χ0n) is 10.0. The van der Waals surface area contributed by atoms with Gasteiger partial charge < -0.3 is 15.2 Å². The van der Waals surface area contributed by atoms with Gasteiger partial charge in [-0.05, 0) is 34.1 Å². The quantitative estimate of drug-likeness (QED) is 0.374. The second-order valence-electron chi connectivity index (χ2n) is 4.72. The molecular weight excluding hydrogens is 278 g/mol. The standard InChI is InChI=1S/C10H18BrNO4/c1-9(2,3)16-8(14)15-7(13)5-6-10(4,11)12/h5-6,12H2,1-4H3. The third-order valence-corrected chi connectivity index (χ3v) is 1.80. The SMILES string of the molecule is CC(N)(Br)CCC(=O)OC(=O)OC(C)(C)C. The maximum absolute atomic E-state index is 11.2. The minimum absolute atomic E-state index is 0.0531. The molecule has 0 aliphatic carbocycles. The molecule has 0 amide bonds. The lowest BCUT2D eigenvalue weighted by Gasteiger charge is -2.19. The van der Waals surface area contributed by atoms with E-state index in [9.17, 15) is 9.59 Å². The topological polar surface area (TPSA) is 78.6 Å². The number of ether oxygens (including phenoxy) is 2. The lowest BCUT2D eigenvalue weighted by Crippen LogP contribution is -2.30. The maximum atomic E-state index is 11.2. The first-order valence-electron chi connectivity index (χ1n) is 4.91. The van der Waals surface area contributed by atoms with Crippen LogP contribution in [0.4, 0.5) is 4.79 Å². The van der Waals surface area contributed by atoms with E-state index in [-0.39, 0.29) is 6.42 Å². The Morgan fingerprint density at radius 1 is 1.25 bits per heavy atom. The number of nitrogens with two attached hydrogens (primary N) is 1. The summed E-state index contributed by atoms with van der Waals surface area (Å²) >= 11 is 3.18. The highest BCUT2D eigenvalue weighted by Crippen LogP contribution is 2.16. The molecule has 5 nitrogen and oxygen atoms in total. The van der Waals surface area contributed by atoms with Crippen molar-refractivity contribution in [2.75, 3.05) is 0 Å². The second kappa shape index (κ2) is 5.63. The van der Waals surface area contributed by atoms with Gasteiger partial charge in [-0.3, -0.25) is 4.79 Å². The number of carbonyl (C=O) groups excluding carboxylic acids is 2. The molecule has 0 aromatic carbocycles. The number of rotatable bonds is 3. The van der Waals surface area contributed by atoms with Crippen molar-refractivity contribution in [2.45, 2.75) is 50.6 Å². The fraction of sp³-hybridized carbons (Fsp3) is 0.800. The largest absolute Gasteiger partial charge is 0.516 e. The lowest BCUT2D eigenvalue weighted by atomic mass is 10.2. The van der Waals surface area contributed by atoms with E-state index < -0.39 is 22.2 Å². The summed E-state index contributed by atoms with van der Waals surface area (Å²) in [7, 11) is 0. The van der Waals surface area contributed by atoms with Gasteiger partial charge in [0.2, 0.25) is 0 Å². The van der Waals surface area contributed by atoms with Crippen LogP contribution in [0.1, 0.15) is 40.5 Å². The van der Waals surface area contributed by atoms with Crippen molar-refractivity contribution in [3.63, 3.8) is 0 Å². The van der Waals surface area contributed by atoms with Crippen LogP contribution < -0.4 is 5.73 Å². The molecule has 16 heavy (non-hydrogen) atoms. The van der Waals surface area contributed by atoms with Gasteiger partial charge in [0.05, 0.1) is 4.45 Å². The van der Waals surface area contributed by atoms with Gasteiger partial charge in [-0.15, -0.1) is 0 Å².